The summed E-state index contributed by atoms with van der Waals surface area (Å²) in [5, 5.41) is 7.73. The summed E-state index contributed by atoms with van der Waals surface area (Å²) in [6, 6.07) is 10.4. The van der Waals surface area contributed by atoms with Crippen LogP contribution in [-0.2, 0) is 0 Å². The fourth-order valence-electron chi connectivity index (χ4n) is 2.16. The first-order chi connectivity index (χ1) is 8.92. The molecule has 0 aliphatic carbocycles. The molecule has 0 saturated carbocycles. The lowest BCUT2D eigenvalue weighted by Crippen LogP contribution is -2.13. The van der Waals surface area contributed by atoms with E-state index in [9.17, 15) is 0 Å². The Labute approximate surface area is 112 Å². The van der Waals surface area contributed by atoms with Gasteiger partial charge in [0.25, 0.3) is 0 Å². The minimum Gasteiger partial charge on any atom is -0.385 e. The van der Waals surface area contributed by atoms with Gasteiger partial charge >= 0.3 is 0 Å². The first-order valence-electron chi connectivity index (χ1n) is 6.33. The number of aromatic nitrogens is 2. The van der Waals surface area contributed by atoms with Crippen LogP contribution in [-0.4, -0.2) is 27.8 Å². The number of anilines is 1. The van der Waals surface area contributed by atoms with Gasteiger partial charge in [0.15, 0.2) is 0 Å². The molecule has 1 N–H and O–H groups in total. The predicted molar refractivity (Wildman–Crippen MR) is 77.5 cm³/mol. The maximum atomic E-state index is 4.22. The number of rotatable bonds is 4. The molecule has 0 amide bonds. The molecule has 1 aliphatic heterocycles. The Bertz CT molecular complexity index is 472. The molecule has 1 aromatic carbocycles. The van der Waals surface area contributed by atoms with Crippen LogP contribution < -0.4 is 5.32 Å². The van der Waals surface area contributed by atoms with Crippen LogP contribution >= 0.6 is 11.8 Å². The van der Waals surface area contributed by atoms with E-state index in [0.29, 0.717) is 0 Å². The minimum absolute atomic E-state index is 0.834. The van der Waals surface area contributed by atoms with Crippen LogP contribution in [0, 0.1) is 5.92 Å². The molecule has 1 aromatic heterocycles. The Morgan fingerprint density at radius 1 is 1.33 bits per heavy atom. The van der Waals surface area contributed by atoms with Crippen LogP contribution in [0.25, 0.3) is 5.69 Å². The first kappa shape index (κ1) is 11.7. The van der Waals surface area contributed by atoms with Crippen molar-refractivity contribution >= 4 is 17.4 Å². The number of nitrogens with zero attached hydrogens (tertiary/aromatic N) is 2. The Kier molecular flexibility index (Phi) is 3.55. The molecule has 0 radical (unpaired) electrons. The van der Waals surface area contributed by atoms with E-state index in [0.717, 1.165) is 18.2 Å². The highest BCUT2D eigenvalue weighted by Crippen LogP contribution is 2.23. The van der Waals surface area contributed by atoms with E-state index in [-0.39, 0.29) is 0 Å². The third-order valence-corrected chi connectivity index (χ3v) is 4.49. The highest BCUT2D eigenvalue weighted by molar-refractivity contribution is 7.99. The fourth-order valence-corrected chi connectivity index (χ4v) is 3.44. The second kappa shape index (κ2) is 5.48. The number of hydrogen-bond acceptors (Lipinski definition) is 3. The highest BCUT2D eigenvalue weighted by atomic mass is 32.2. The third kappa shape index (κ3) is 2.70. The van der Waals surface area contributed by atoms with Crippen molar-refractivity contribution in [2.45, 2.75) is 6.42 Å². The predicted octanol–water partition coefficient (Wildman–Crippen LogP) is 3.04. The largest absolute Gasteiger partial charge is 0.385 e. The van der Waals surface area contributed by atoms with E-state index < -0.39 is 0 Å². The van der Waals surface area contributed by atoms with Crippen LogP contribution in [0.3, 0.4) is 0 Å². The van der Waals surface area contributed by atoms with Gasteiger partial charge in [0.05, 0.1) is 5.69 Å². The highest BCUT2D eigenvalue weighted by Gasteiger charge is 2.14. The normalized spacial score (nSPS) is 19.0. The van der Waals surface area contributed by atoms with E-state index in [1.807, 2.05) is 16.9 Å². The van der Waals surface area contributed by atoms with Gasteiger partial charge in [-0.05, 0) is 54.2 Å². The Morgan fingerprint density at radius 2 is 2.22 bits per heavy atom. The quantitative estimate of drug-likeness (QED) is 0.915. The molecular formula is C14H17N3S. The standard InChI is InChI=1S/C14H17N3S/c1-7-16-17(8-1)14-4-2-13(3-5-14)15-10-12-6-9-18-11-12/h1-5,7-8,12,15H,6,9-11H2. The van der Waals surface area contributed by atoms with Crippen molar-refractivity contribution in [2.75, 3.05) is 23.4 Å². The summed E-state index contributed by atoms with van der Waals surface area (Å²) in [5.74, 6) is 3.46. The second-order valence-corrected chi connectivity index (χ2v) is 5.76. The first-order valence-corrected chi connectivity index (χ1v) is 7.49. The summed E-state index contributed by atoms with van der Waals surface area (Å²) in [6.07, 6.45) is 5.10. The molecular weight excluding hydrogens is 242 g/mol. The number of thioether (sulfide) groups is 1. The van der Waals surface area contributed by atoms with E-state index in [2.05, 4.69) is 46.4 Å². The summed E-state index contributed by atoms with van der Waals surface area (Å²) >= 11 is 2.07. The van der Waals surface area contributed by atoms with E-state index in [1.165, 1.54) is 23.6 Å². The van der Waals surface area contributed by atoms with Crippen molar-refractivity contribution in [1.29, 1.82) is 0 Å². The van der Waals surface area contributed by atoms with Gasteiger partial charge in [0.2, 0.25) is 0 Å². The Morgan fingerprint density at radius 3 is 2.89 bits per heavy atom. The average molecular weight is 259 g/mol. The van der Waals surface area contributed by atoms with Gasteiger partial charge in [0.1, 0.15) is 0 Å². The zero-order chi connectivity index (χ0) is 12.2. The molecule has 1 fully saturated rings. The lowest BCUT2D eigenvalue weighted by molar-refractivity contribution is 0.632. The summed E-state index contributed by atoms with van der Waals surface area (Å²) in [4.78, 5) is 0. The topological polar surface area (TPSA) is 29.9 Å². The van der Waals surface area contributed by atoms with E-state index in [4.69, 9.17) is 0 Å². The second-order valence-electron chi connectivity index (χ2n) is 4.61. The van der Waals surface area contributed by atoms with Gasteiger partial charge in [-0.2, -0.15) is 16.9 Å². The van der Waals surface area contributed by atoms with E-state index >= 15 is 0 Å². The maximum absolute atomic E-state index is 4.22. The molecule has 18 heavy (non-hydrogen) atoms. The van der Waals surface area contributed by atoms with Crippen molar-refractivity contribution in [3.63, 3.8) is 0 Å². The number of nitrogens with one attached hydrogen (secondary N) is 1. The minimum atomic E-state index is 0.834. The summed E-state index contributed by atoms with van der Waals surface area (Å²) in [5.41, 5.74) is 2.30. The molecule has 0 spiro atoms. The van der Waals surface area contributed by atoms with Gasteiger partial charge in [-0.3, -0.25) is 0 Å². The molecule has 2 aromatic rings. The molecule has 2 heterocycles. The van der Waals surface area contributed by atoms with Crippen LogP contribution in [0.4, 0.5) is 5.69 Å². The molecule has 1 aliphatic rings. The molecule has 1 saturated heterocycles. The van der Waals surface area contributed by atoms with E-state index in [1.54, 1.807) is 6.20 Å². The summed E-state index contributed by atoms with van der Waals surface area (Å²) in [7, 11) is 0. The molecule has 94 valence electrons. The van der Waals surface area contributed by atoms with Crippen molar-refractivity contribution < 1.29 is 0 Å². The van der Waals surface area contributed by atoms with Crippen LogP contribution in [0.15, 0.2) is 42.7 Å². The van der Waals surface area contributed by atoms with Gasteiger partial charge in [-0.1, -0.05) is 0 Å². The molecule has 4 heteroatoms. The van der Waals surface area contributed by atoms with Gasteiger partial charge < -0.3 is 5.32 Å². The average Bonchev–Trinajstić information content (AvgIpc) is 3.10. The van der Waals surface area contributed by atoms with Crippen molar-refractivity contribution in [3.05, 3.63) is 42.7 Å². The SMILES string of the molecule is c1cnn(-c2ccc(NCC3CCSC3)cc2)c1. The maximum Gasteiger partial charge on any atom is 0.0647 e. The monoisotopic (exact) mass is 259 g/mol. The zero-order valence-electron chi connectivity index (χ0n) is 10.2. The van der Waals surface area contributed by atoms with Crippen molar-refractivity contribution in [3.8, 4) is 5.69 Å². The summed E-state index contributed by atoms with van der Waals surface area (Å²) < 4.78 is 1.87. The third-order valence-electron chi connectivity index (χ3n) is 3.26. The van der Waals surface area contributed by atoms with Crippen LogP contribution in [0.5, 0.6) is 0 Å². The van der Waals surface area contributed by atoms with Gasteiger partial charge in [-0.15, -0.1) is 0 Å². The number of hydrogen-bond donors (Lipinski definition) is 1. The Hall–Kier alpha value is -1.42. The molecule has 1 unspecified atom stereocenters. The van der Waals surface area contributed by atoms with Crippen molar-refractivity contribution in [1.82, 2.24) is 9.78 Å². The lowest BCUT2D eigenvalue weighted by atomic mass is 10.1. The van der Waals surface area contributed by atoms with Gasteiger partial charge in [-0.25, -0.2) is 4.68 Å². The Balaban J connectivity index is 1.60. The molecule has 0 bridgehead atoms. The molecule has 3 nitrogen and oxygen atoms in total. The van der Waals surface area contributed by atoms with Crippen molar-refractivity contribution in [2.24, 2.45) is 5.92 Å². The molecule has 3 rings (SSSR count). The fraction of sp³-hybridized carbons (Fsp3) is 0.357. The van der Waals surface area contributed by atoms with Crippen LogP contribution in [0.1, 0.15) is 6.42 Å². The smallest absolute Gasteiger partial charge is 0.0647 e. The van der Waals surface area contributed by atoms with Crippen LogP contribution in [0.2, 0.25) is 0 Å². The number of benzene rings is 1. The summed E-state index contributed by atoms with van der Waals surface area (Å²) in [6.45, 7) is 1.09. The molecule has 1 atom stereocenters. The zero-order valence-corrected chi connectivity index (χ0v) is 11.1. The van der Waals surface area contributed by atoms with Gasteiger partial charge in [0, 0.05) is 24.6 Å². The lowest BCUT2D eigenvalue weighted by Gasteiger charge is -2.11.